The summed E-state index contributed by atoms with van der Waals surface area (Å²) in [6.07, 6.45) is 14.5. The van der Waals surface area contributed by atoms with Crippen molar-refractivity contribution in [3.8, 4) is 0 Å². The highest BCUT2D eigenvalue weighted by molar-refractivity contribution is 6.18. The van der Waals surface area contributed by atoms with Crippen LogP contribution in [0.2, 0.25) is 0 Å². The molecule has 6 N–H and O–H groups in total. The first-order valence-corrected chi connectivity index (χ1v) is 19.3. The van der Waals surface area contributed by atoms with Crippen molar-refractivity contribution in [3.63, 3.8) is 0 Å². The third kappa shape index (κ3) is 8.39. The molecule has 0 saturated heterocycles. The second kappa shape index (κ2) is 16.5. The molecule has 0 aliphatic heterocycles. The summed E-state index contributed by atoms with van der Waals surface area (Å²) in [6.45, 7) is 0.946. The van der Waals surface area contributed by atoms with Gasteiger partial charge in [0.25, 0.3) is 11.8 Å². The van der Waals surface area contributed by atoms with Crippen LogP contribution >= 0.6 is 0 Å². The van der Waals surface area contributed by atoms with Gasteiger partial charge in [-0.1, -0.05) is 24.3 Å². The first kappa shape index (κ1) is 37.9. The van der Waals surface area contributed by atoms with Crippen molar-refractivity contribution in [2.75, 3.05) is 27.3 Å². The molecule has 8 rings (SSSR count). The molecule has 2 aromatic carbocycles. The molecular formula is C40H59BN4O6. The van der Waals surface area contributed by atoms with Crippen molar-refractivity contribution in [1.29, 1.82) is 0 Å². The molecule has 2 amide bonds. The molecule has 6 aliphatic carbocycles. The first-order chi connectivity index (χ1) is 24.7. The number of ether oxygens (including phenoxy) is 2. The number of carbonyl (C=O) groups excluding carboxylic acids is 2. The lowest BCUT2D eigenvalue weighted by atomic mass is 9.56. The van der Waals surface area contributed by atoms with Gasteiger partial charge in [-0.3, -0.25) is 9.59 Å². The first-order valence-electron chi connectivity index (χ1n) is 19.3. The lowest BCUT2D eigenvalue weighted by molar-refractivity contribution is -0.0956. The lowest BCUT2D eigenvalue weighted by Gasteiger charge is -2.53. The number of nitrogens with two attached hydrogens (primary N) is 2. The molecule has 6 saturated carbocycles. The van der Waals surface area contributed by atoms with Crippen molar-refractivity contribution in [2.45, 2.75) is 137 Å². The molecule has 0 spiro atoms. The summed E-state index contributed by atoms with van der Waals surface area (Å²) in [4.78, 5) is 26.6. The minimum Gasteiger partial charge on any atom is -0.393 e. The zero-order valence-corrected chi connectivity index (χ0v) is 30.8. The van der Waals surface area contributed by atoms with E-state index in [0.29, 0.717) is 49.9 Å². The van der Waals surface area contributed by atoms with Crippen LogP contribution in [0.3, 0.4) is 0 Å². The third-order valence-electron chi connectivity index (χ3n) is 13.2. The summed E-state index contributed by atoms with van der Waals surface area (Å²) >= 11 is 0. The predicted molar refractivity (Wildman–Crippen MR) is 200 cm³/mol. The van der Waals surface area contributed by atoms with E-state index in [1.54, 1.807) is 0 Å². The van der Waals surface area contributed by atoms with Crippen LogP contribution in [0.5, 0.6) is 0 Å². The van der Waals surface area contributed by atoms with E-state index in [1.165, 1.54) is 11.1 Å². The van der Waals surface area contributed by atoms with Gasteiger partial charge in [0.05, 0.1) is 11.2 Å². The van der Waals surface area contributed by atoms with Crippen molar-refractivity contribution in [3.05, 3.63) is 70.8 Å². The van der Waals surface area contributed by atoms with E-state index in [2.05, 4.69) is 34.9 Å². The summed E-state index contributed by atoms with van der Waals surface area (Å²) in [5.41, 5.74) is 15.9. The fourth-order valence-corrected chi connectivity index (χ4v) is 9.39. The minimum absolute atomic E-state index is 0.0649. The molecule has 2 unspecified atom stereocenters. The Morgan fingerprint density at radius 2 is 0.941 bits per heavy atom. The lowest BCUT2D eigenvalue weighted by Crippen LogP contribution is -2.49. The van der Waals surface area contributed by atoms with Gasteiger partial charge in [-0.25, -0.2) is 0 Å². The van der Waals surface area contributed by atoms with Gasteiger partial charge in [-0.15, -0.1) is 0 Å². The highest BCUT2D eigenvalue weighted by Gasteiger charge is 2.50. The standard InChI is InChI=1S/C40H59BN4O6/c1-48-39-21-15-37(16-22-39,17-23-39)31-11-7-29(8-12-31)35(46)44-33(5-3-27-42)50-41-51-34(6-4-28-43)45-36(47)30-9-13-32(14-10-30)38-18-24-40(49-2,25-19-38)26-20-38/h7-14,33-34,41H,3-6,15-28,42-43H2,1-2H3,(H,44,46)(H,45,47). The second-order valence-electron chi connectivity index (χ2n) is 15.7. The topological polar surface area (TPSA) is 147 Å². The number of rotatable bonds is 18. The second-order valence-corrected chi connectivity index (χ2v) is 15.7. The SMILES string of the molecule is COC12CCC(c3ccc(C(=O)NC(CCCN)OBOC(CCCN)NC(=O)c4ccc(C56CCC(OC)(CC5)CC6)cc4)cc3)(CC1)CC2. The van der Waals surface area contributed by atoms with E-state index < -0.39 is 12.5 Å². The Hall–Kier alpha value is -2.80. The smallest absolute Gasteiger partial charge is 0.393 e. The summed E-state index contributed by atoms with van der Waals surface area (Å²) in [7, 11) is 3.58. The van der Waals surface area contributed by atoms with Gasteiger partial charge >= 0.3 is 7.69 Å². The molecule has 6 fully saturated rings. The number of amides is 2. The van der Waals surface area contributed by atoms with Crippen molar-refractivity contribution < 1.29 is 28.4 Å². The largest absolute Gasteiger partial charge is 0.441 e. The Morgan fingerprint density at radius 3 is 1.24 bits per heavy atom. The number of fused-ring (bicyclic) bond motifs is 6. The van der Waals surface area contributed by atoms with E-state index in [-0.39, 0.29) is 41.5 Å². The van der Waals surface area contributed by atoms with Crippen molar-refractivity contribution in [1.82, 2.24) is 10.6 Å². The number of carbonyl (C=O) groups is 2. The summed E-state index contributed by atoms with van der Waals surface area (Å²) < 4.78 is 23.8. The normalized spacial score (nSPS) is 29.3. The van der Waals surface area contributed by atoms with Gasteiger partial charge in [0.2, 0.25) is 0 Å². The van der Waals surface area contributed by atoms with E-state index in [9.17, 15) is 9.59 Å². The number of nitrogens with one attached hydrogen (secondary N) is 2. The van der Waals surface area contributed by atoms with Crippen LogP contribution in [-0.4, -0.2) is 70.5 Å². The van der Waals surface area contributed by atoms with Crippen LogP contribution < -0.4 is 22.1 Å². The molecule has 4 bridgehead atoms. The summed E-state index contributed by atoms with van der Waals surface area (Å²) in [5, 5.41) is 6.03. The molecule has 278 valence electrons. The van der Waals surface area contributed by atoms with Gasteiger partial charge in [0.1, 0.15) is 12.5 Å². The van der Waals surface area contributed by atoms with Crippen LogP contribution in [0.1, 0.15) is 135 Å². The number of hydrogen-bond acceptors (Lipinski definition) is 8. The average Bonchev–Trinajstić information content (AvgIpc) is 3.20. The molecule has 51 heavy (non-hydrogen) atoms. The number of hydrogen-bond donors (Lipinski definition) is 4. The molecular weight excluding hydrogens is 643 g/mol. The van der Waals surface area contributed by atoms with Gasteiger partial charge in [0, 0.05) is 25.3 Å². The maximum atomic E-state index is 13.3. The highest BCUT2D eigenvalue weighted by atomic mass is 16.6. The Kier molecular flexibility index (Phi) is 12.3. The van der Waals surface area contributed by atoms with Gasteiger partial charge in [-0.2, -0.15) is 0 Å². The third-order valence-corrected chi connectivity index (χ3v) is 13.2. The molecule has 0 heterocycles. The van der Waals surface area contributed by atoms with Gasteiger partial charge in [-0.05, 0) is 162 Å². The summed E-state index contributed by atoms with van der Waals surface area (Å²) in [5.74, 6) is -0.413. The average molecular weight is 703 g/mol. The highest BCUT2D eigenvalue weighted by Crippen LogP contribution is 2.56. The van der Waals surface area contributed by atoms with Crippen LogP contribution in [0.25, 0.3) is 0 Å². The van der Waals surface area contributed by atoms with Crippen LogP contribution in [0, 0.1) is 0 Å². The Labute approximate surface area is 304 Å². The Morgan fingerprint density at radius 1 is 0.608 bits per heavy atom. The summed E-state index contributed by atoms with van der Waals surface area (Å²) in [6, 6.07) is 16.2. The molecule has 10 nitrogen and oxygen atoms in total. The zero-order valence-electron chi connectivity index (χ0n) is 30.8. The van der Waals surface area contributed by atoms with Crippen LogP contribution in [-0.2, 0) is 29.6 Å². The van der Waals surface area contributed by atoms with Crippen LogP contribution in [0.4, 0.5) is 0 Å². The van der Waals surface area contributed by atoms with E-state index in [1.807, 2.05) is 38.5 Å². The van der Waals surface area contributed by atoms with Crippen molar-refractivity contribution in [2.24, 2.45) is 11.5 Å². The van der Waals surface area contributed by atoms with Gasteiger partial charge in [0.15, 0.2) is 0 Å². The fourth-order valence-electron chi connectivity index (χ4n) is 9.39. The number of methoxy groups -OCH3 is 2. The molecule has 2 atom stereocenters. The molecule has 11 heteroatoms. The molecule has 0 radical (unpaired) electrons. The predicted octanol–water partition coefficient (Wildman–Crippen LogP) is 5.26. The van der Waals surface area contributed by atoms with E-state index in [0.717, 1.165) is 77.0 Å². The van der Waals surface area contributed by atoms with E-state index >= 15 is 0 Å². The van der Waals surface area contributed by atoms with Crippen LogP contribution in [0.15, 0.2) is 48.5 Å². The number of benzene rings is 2. The molecule has 6 aliphatic rings. The maximum absolute atomic E-state index is 13.3. The monoisotopic (exact) mass is 702 g/mol. The Bertz CT molecular complexity index is 1310. The van der Waals surface area contributed by atoms with E-state index in [4.69, 9.17) is 30.2 Å². The van der Waals surface area contributed by atoms with Gasteiger partial charge < -0.3 is 40.9 Å². The molecule has 0 aromatic heterocycles. The Balaban J connectivity index is 1.01. The maximum Gasteiger partial charge on any atom is 0.441 e. The minimum atomic E-state index is -0.593. The zero-order chi connectivity index (χ0) is 36.0. The fraction of sp³-hybridized carbons (Fsp3) is 0.650. The molecule has 2 aromatic rings. The van der Waals surface area contributed by atoms with Crippen molar-refractivity contribution >= 4 is 19.5 Å². The quantitative estimate of drug-likeness (QED) is 0.122.